The Hall–Kier alpha value is -2.91. The molecular formula is C28H30Br2N2O5. The zero-order valence-electron chi connectivity index (χ0n) is 21.4. The molecule has 0 spiro atoms. The second-order valence-electron chi connectivity index (χ2n) is 10.4. The molecule has 0 bridgehead atoms. The van der Waals surface area contributed by atoms with Crippen molar-refractivity contribution in [1.29, 1.82) is 0 Å². The SMILES string of the molecule is CC(C)(C)CC(C)(C)c1ccc(OCC(=O)N/N=C\c2cc(Br)cc(Br)c2OC(=O)c2ccco2)cc1. The molecule has 196 valence electrons. The molecule has 0 fully saturated rings. The Morgan fingerprint density at radius 2 is 1.76 bits per heavy atom. The Bertz CT molecular complexity index is 1260. The number of carbonyl (C=O) groups is 2. The quantitative estimate of drug-likeness (QED) is 0.116. The summed E-state index contributed by atoms with van der Waals surface area (Å²) >= 11 is 6.78. The van der Waals surface area contributed by atoms with Crippen LogP contribution in [0.4, 0.5) is 0 Å². The molecule has 2 aromatic carbocycles. The van der Waals surface area contributed by atoms with Gasteiger partial charge < -0.3 is 13.9 Å². The number of hydrazone groups is 1. The smallest absolute Gasteiger partial charge is 0.379 e. The van der Waals surface area contributed by atoms with Crippen LogP contribution in [-0.2, 0) is 10.2 Å². The summed E-state index contributed by atoms with van der Waals surface area (Å²) in [5.41, 5.74) is 4.33. The van der Waals surface area contributed by atoms with E-state index < -0.39 is 11.9 Å². The van der Waals surface area contributed by atoms with Crippen LogP contribution in [0.1, 0.15) is 62.7 Å². The van der Waals surface area contributed by atoms with Crippen molar-refractivity contribution in [2.24, 2.45) is 10.5 Å². The first-order chi connectivity index (χ1) is 17.3. The minimum Gasteiger partial charge on any atom is -0.484 e. The molecule has 1 heterocycles. The number of nitrogens with zero attached hydrogens (tertiary/aromatic N) is 1. The lowest BCUT2D eigenvalue weighted by Gasteiger charge is -2.33. The molecule has 9 heteroatoms. The molecule has 1 aromatic heterocycles. The number of amides is 1. The van der Waals surface area contributed by atoms with E-state index in [1.54, 1.807) is 18.2 Å². The van der Waals surface area contributed by atoms with E-state index in [0.29, 0.717) is 15.8 Å². The van der Waals surface area contributed by atoms with Crippen molar-refractivity contribution in [3.05, 3.63) is 80.6 Å². The molecule has 3 rings (SSSR count). The fraction of sp³-hybridized carbons (Fsp3) is 0.321. The maximum atomic E-state index is 12.3. The number of halogens is 2. The van der Waals surface area contributed by atoms with Gasteiger partial charge in [0.15, 0.2) is 12.4 Å². The molecule has 3 aromatic rings. The van der Waals surface area contributed by atoms with Gasteiger partial charge in [0.1, 0.15) is 5.75 Å². The summed E-state index contributed by atoms with van der Waals surface area (Å²) in [4.78, 5) is 24.6. The van der Waals surface area contributed by atoms with Crippen LogP contribution in [-0.4, -0.2) is 24.7 Å². The minimum absolute atomic E-state index is 0.0232. The van der Waals surface area contributed by atoms with E-state index in [9.17, 15) is 9.59 Å². The predicted octanol–water partition coefficient (Wildman–Crippen LogP) is 7.27. The summed E-state index contributed by atoms with van der Waals surface area (Å²) in [5.74, 6) is -0.204. The van der Waals surface area contributed by atoms with Gasteiger partial charge in [0.2, 0.25) is 5.76 Å². The molecule has 1 N–H and O–H groups in total. The Morgan fingerprint density at radius 1 is 1.05 bits per heavy atom. The van der Waals surface area contributed by atoms with E-state index in [-0.39, 0.29) is 28.9 Å². The van der Waals surface area contributed by atoms with Gasteiger partial charge in [-0.15, -0.1) is 0 Å². The number of ether oxygens (including phenoxy) is 2. The summed E-state index contributed by atoms with van der Waals surface area (Å²) < 4.78 is 17.4. The third-order valence-corrected chi connectivity index (χ3v) is 6.37. The van der Waals surface area contributed by atoms with Crippen molar-refractivity contribution >= 4 is 50.0 Å². The zero-order valence-corrected chi connectivity index (χ0v) is 24.6. The van der Waals surface area contributed by atoms with Gasteiger partial charge in [-0.05, 0) is 75.1 Å². The molecule has 1 amide bonds. The highest BCUT2D eigenvalue weighted by Crippen LogP contribution is 2.36. The first-order valence-corrected chi connectivity index (χ1v) is 13.2. The minimum atomic E-state index is -0.659. The molecule has 0 atom stereocenters. The zero-order chi connectivity index (χ0) is 27.2. The van der Waals surface area contributed by atoms with E-state index in [1.165, 1.54) is 24.1 Å². The average molecular weight is 634 g/mol. The summed E-state index contributed by atoms with van der Waals surface area (Å²) in [6.45, 7) is 11.0. The highest BCUT2D eigenvalue weighted by Gasteiger charge is 2.27. The first-order valence-electron chi connectivity index (χ1n) is 11.6. The van der Waals surface area contributed by atoms with Gasteiger partial charge in [-0.1, -0.05) is 62.7 Å². The van der Waals surface area contributed by atoms with Crippen molar-refractivity contribution in [3.8, 4) is 11.5 Å². The average Bonchev–Trinajstić information content (AvgIpc) is 3.34. The van der Waals surface area contributed by atoms with E-state index in [4.69, 9.17) is 13.9 Å². The molecule has 0 radical (unpaired) electrons. The fourth-order valence-electron chi connectivity index (χ4n) is 4.11. The van der Waals surface area contributed by atoms with E-state index in [1.807, 2.05) is 24.3 Å². The van der Waals surface area contributed by atoms with Crippen LogP contribution in [0.2, 0.25) is 0 Å². The second-order valence-corrected chi connectivity index (χ2v) is 12.2. The first kappa shape index (κ1) is 28.7. The standard InChI is InChI=1S/C28H30Br2N2O5/c1-27(2,3)17-28(4,5)19-8-10-21(11-9-19)36-16-24(33)32-31-15-18-13-20(29)14-22(30)25(18)37-26(34)23-7-6-12-35-23/h6-15H,16-17H2,1-5H3,(H,32,33)/b31-15-. The van der Waals surface area contributed by atoms with E-state index >= 15 is 0 Å². The molecule has 37 heavy (non-hydrogen) atoms. The largest absolute Gasteiger partial charge is 0.484 e. The molecule has 0 saturated carbocycles. The van der Waals surface area contributed by atoms with Crippen molar-refractivity contribution in [2.45, 2.75) is 46.5 Å². The Morgan fingerprint density at radius 3 is 2.38 bits per heavy atom. The van der Waals surface area contributed by atoms with Crippen molar-refractivity contribution in [1.82, 2.24) is 5.43 Å². The molecule has 0 saturated heterocycles. The highest BCUT2D eigenvalue weighted by atomic mass is 79.9. The van der Waals surface area contributed by atoms with Gasteiger partial charge >= 0.3 is 5.97 Å². The van der Waals surface area contributed by atoms with Crippen LogP contribution in [0.25, 0.3) is 0 Å². The molecule has 0 unspecified atom stereocenters. The number of esters is 1. The number of benzene rings is 2. The van der Waals surface area contributed by atoms with Crippen LogP contribution in [0.5, 0.6) is 11.5 Å². The lowest BCUT2D eigenvalue weighted by molar-refractivity contribution is -0.123. The van der Waals surface area contributed by atoms with Crippen LogP contribution in [0.15, 0.2) is 73.3 Å². The molecule has 7 nitrogen and oxygen atoms in total. The number of rotatable bonds is 9. The number of hydrogen-bond acceptors (Lipinski definition) is 6. The topological polar surface area (TPSA) is 90.1 Å². The van der Waals surface area contributed by atoms with Crippen LogP contribution in [0, 0.1) is 5.41 Å². The third-order valence-electron chi connectivity index (χ3n) is 5.33. The van der Waals surface area contributed by atoms with Gasteiger partial charge in [-0.25, -0.2) is 10.2 Å². The van der Waals surface area contributed by atoms with Gasteiger partial charge in [-0.2, -0.15) is 5.10 Å². The normalized spacial score (nSPS) is 12.0. The summed E-state index contributed by atoms with van der Waals surface area (Å²) in [7, 11) is 0. The molecular weight excluding hydrogens is 604 g/mol. The number of furan rings is 1. The van der Waals surface area contributed by atoms with E-state index in [2.05, 4.69) is 77.0 Å². The maximum Gasteiger partial charge on any atom is 0.379 e. The lowest BCUT2D eigenvalue weighted by atomic mass is 9.72. The summed E-state index contributed by atoms with van der Waals surface area (Å²) in [6, 6.07) is 14.3. The van der Waals surface area contributed by atoms with E-state index in [0.717, 1.165) is 10.9 Å². The monoisotopic (exact) mass is 632 g/mol. The predicted molar refractivity (Wildman–Crippen MR) is 150 cm³/mol. The van der Waals surface area contributed by atoms with Gasteiger partial charge in [-0.3, -0.25) is 4.79 Å². The van der Waals surface area contributed by atoms with Crippen LogP contribution < -0.4 is 14.9 Å². The van der Waals surface area contributed by atoms with Crippen molar-refractivity contribution in [2.75, 3.05) is 6.61 Å². The molecule has 0 aliphatic carbocycles. The van der Waals surface area contributed by atoms with Crippen molar-refractivity contribution < 1.29 is 23.5 Å². The Labute approximate surface area is 233 Å². The van der Waals surface area contributed by atoms with Crippen LogP contribution in [0.3, 0.4) is 0 Å². The Balaban J connectivity index is 1.58. The summed E-state index contributed by atoms with van der Waals surface area (Å²) in [6.07, 6.45) is 3.80. The van der Waals surface area contributed by atoms with Gasteiger partial charge in [0.25, 0.3) is 5.91 Å². The number of carbonyl (C=O) groups excluding carboxylic acids is 2. The van der Waals surface area contributed by atoms with Crippen LogP contribution >= 0.6 is 31.9 Å². The second kappa shape index (κ2) is 12.1. The molecule has 0 aliphatic heterocycles. The molecule has 0 aliphatic rings. The summed E-state index contributed by atoms with van der Waals surface area (Å²) in [5, 5.41) is 3.99. The lowest BCUT2D eigenvalue weighted by Crippen LogP contribution is -2.25. The number of hydrogen-bond donors (Lipinski definition) is 1. The fourth-order valence-corrected chi connectivity index (χ4v) is 5.45. The van der Waals surface area contributed by atoms with Crippen molar-refractivity contribution in [3.63, 3.8) is 0 Å². The highest BCUT2D eigenvalue weighted by molar-refractivity contribution is 9.11. The Kier molecular flexibility index (Phi) is 9.36. The maximum absolute atomic E-state index is 12.3. The van der Waals surface area contributed by atoms with Gasteiger partial charge in [0.05, 0.1) is 17.0 Å². The third kappa shape index (κ3) is 8.57. The van der Waals surface area contributed by atoms with Gasteiger partial charge in [0, 0.05) is 10.0 Å². The number of nitrogens with one attached hydrogen (secondary N) is 1.